The molecule has 2 aromatic rings. The number of carboxylic acids is 3. The van der Waals surface area contributed by atoms with Crippen LogP contribution in [-0.4, -0.2) is 57.8 Å². The highest BCUT2D eigenvalue weighted by atomic mass is 35.5. The number of halogens is 1. The topological polar surface area (TPSA) is 188 Å². The summed E-state index contributed by atoms with van der Waals surface area (Å²) >= 11 is 6.33. The van der Waals surface area contributed by atoms with Crippen LogP contribution in [0.15, 0.2) is 42.5 Å². The Balaban J connectivity index is 0.000000306. The van der Waals surface area contributed by atoms with Crippen LogP contribution < -0.4 is 21.1 Å². The second-order valence-electron chi connectivity index (χ2n) is 16.2. The molecule has 0 aliphatic heterocycles. The van der Waals surface area contributed by atoms with Crippen molar-refractivity contribution in [3.8, 4) is 5.75 Å². The van der Waals surface area contributed by atoms with Crippen LogP contribution in [0.3, 0.4) is 0 Å². The van der Waals surface area contributed by atoms with Crippen molar-refractivity contribution in [1.82, 2.24) is 10.6 Å². The molecule has 0 aromatic heterocycles. The number of carbonyl (C=O) groups excluding carboxylic acids is 1. The van der Waals surface area contributed by atoms with Gasteiger partial charge >= 0.3 is 17.9 Å². The van der Waals surface area contributed by atoms with Crippen molar-refractivity contribution in [2.45, 2.75) is 167 Å². The van der Waals surface area contributed by atoms with Crippen LogP contribution in [0, 0.1) is 10.8 Å². The molecule has 1 amide bonds. The van der Waals surface area contributed by atoms with Gasteiger partial charge in [0.05, 0.1) is 11.6 Å². The van der Waals surface area contributed by atoms with Gasteiger partial charge in [0, 0.05) is 25.2 Å². The number of rotatable bonds is 26. The van der Waals surface area contributed by atoms with Crippen LogP contribution in [0.5, 0.6) is 5.75 Å². The van der Waals surface area contributed by atoms with Gasteiger partial charge in [0.2, 0.25) is 5.91 Å². The first kappa shape index (κ1) is 47.7. The number of carbonyl (C=O) groups is 4. The molecule has 57 heavy (non-hydrogen) atoms. The van der Waals surface area contributed by atoms with Crippen LogP contribution >= 0.6 is 11.6 Å². The molecular weight excluding hydrogens is 746 g/mol. The third-order valence-electron chi connectivity index (χ3n) is 11.8. The van der Waals surface area contributed by atoms with Gasteiger partial charge in [-0.1, -0.05) is 126 Å². The summed E-state index contributed by atoms with van der Waals surface area (Å²) < 4.78 is 5.77. The van der Waals surface area contributed by atoms with Crippen molar-refractivity contribution < 1.29 is 39.2 Å². The molecule has 4 rings (SSSR count). The van der Waals surface area contributed by atoms with Crippen LogP contribution in [0.4, 0.5) is 0 Å². The first-order valence-corrected chi connectivity index (χ1v) is 21.7. The van der Waals surface area contributed by atoms with E-state index in [9.17, 15) is 34.5 Å². The van der Waals surface area contributed by atoms with Crippen LogP contribution in [0.1, 0.15) is 153 Å². The van der Waals surface area contributed by atoms with Gasteiger partial charge in [-0.15, -0.1) is 0 Å². The molecule has 0 spiro atoms. The number of hydrogen-bond acceptors (Lipinski definition) is 7. The van der Waals surface area contributed by atoms with E-state index in [1.54, 1.807) is 0 Å². The first-order valence-electron chi connectivity index (χ1n) is 21.3. The molecule has 0 saturated heterocycles. The first-order chi connectivity index (χ1) is 27.4. The zero-order valence-corrected chi connectivity index (χ0v) is 35.1. The molecule has 318 valence electrons. The summed E-state index contributed by atoms with van der Waals surface area (Å²) in [7, 11) is 0. The summed E-state index contributed by atoms with van der Waals surface area (Å²) in [5.74, 6) is -3.67. The summed E-state index contributed by atoms with van der Waals surface area (Å²) in [6, 6.07) is 14.1. The van der Waals surface area contributed by atoms with Crippen LogP contribution in [-0.2, 0) is 38.7 Å². The Morgan fingerprint density at radius 1 is 0.667 bits per heavy atom. The summed E-state index contributed by atoms with van der Waals surface area (Å²) in [6.45, 7) is 6.28. The number of carboxylic acid groups (broad SMARTS) is 3. The fraction of sp³-hybridized carbons (Fsp3) is 0.644. The Morgan fingerprint density at radius 2 is 1.12 bits per heavy atom. The number of hydrogen-bond donors (Lipinski definition) is 6. The number of ether oxygens (including phenoxy) is 1. The van der Waals surface area contributed by atoms with Crippen molar-refractivity contribution in [3.63, 3.8) is 0 Å². The smallest absolute Gasteiger partial charge is 0.321 e. The van der Waals surface area contributed by atoms with Crippen molar-refractivity contribution in [2.24, 2.45) is 16.6 Å². The molecule has 11 nitrogen and oxygen atoms in total. The predicted molar refractivity (Wildman–Crippen MR) is 224 cm³/mol. The Morgan fingerprint density at radius 3 is 1.61 bits per heavy atom. The molecule has 0 radical (unpaired) electrons. The average Bonchev–Trinajstić information content (AvgIpc) is 3.84. The lowest BCUT2D eigenvalue weighted by molar-refractivity contribution is -0.164. The van der Waals surface area contributed by atoms with Crippen molar-refractivity contribution in [1.29, 1.82) is 0 Å². The second-order valence-corrected chi connectivity index (χ2v) is 16.6. The fourth-order valence-corrected chi connectivity index (χ4v) is 8.17. The van der Waals surface area contributed by atoms with Gasteiger partial charge in [0.25, 0.3) is 0 Å². The van der Waals surface area contributed by atoms with Gasteiger partial charge in [0.15, 0.2) is 5.41 Å². The van der Waals surface area contributed by atoms with E-state index < -0.39 is 34.6 Å². The minimum Gasteiger partial charge on any atom is -0.492 e. The van der Waals surface area contributed by atoms with Crippen molar-refractivity contribution in [2.75, 3.05) is 6.61 Å². The van der Waals surface area contributed by atoms with Gasteiger partial charge in [-0.25, -0.2) is 0 Å². The molecule has 2 aliphatic carbocycles. The molecule has 0 heterocycles. The van der Waals surface area contributed by atoms with Gasteiger partial charge in [-0.2, -0.15) is 0 Å². The Bertz CT molecular complexity index is 1520. The Hall–Kier alpha value is -3.67. The number of amides is 1. The Labute approximate surface area is 344 Å². The highest BCUT2D eigenvalue weighted by molar-refractivity contribution is 6.32. The van der Waals surface area contributed by atoms with E-state index in [-0.39, 0.29) is 31.3 Å². The predicted octanol–water partition coefficient (Wildman–Crippen LogP) is 9.06. The van der Waals surface area contributed by atoms with Crippen LogP contribution in [0.25, 0.3) is 0 Å². The standard InChI is InChI=1S/C23H36N2O3.C22H32ClNO5/c1-2-3-4-5-6-7-8-9-18-10-12-19(13-11-18)17-25-20-14-15-23(16-20,21(24)26)22(27)28;1-2-3-4-5-6-7-12-29-19-9-8-16(13-18(19)23)15-24-17-10-11-22(14-17,20(25)26)21(27)28/h10-13,20,25H,2-9,14-17H2,1H3,(H2,24,26)(H,27,28);8-9,13,17,24H,2-7,10-12,14-15H2,1H3,(H,25,26)(H,27,28). The van der Waals surface area contributed by atoms with E-state index >= 15 is 0 Å². The van der Waals surface area contributed by atoms with Gasteiger partial charge < -0.3 is 36.4 Å². The van der Waals surface area contributed by atoms with E-state index in [0.717, 1.165) is 24.8 Å². The maximum atomic E-state index is 11.6. The zero-order valence-electron chi connectivity index (χ0n) is 34.3. The highest BCUT2D eigenvalue weighted by Crippen LogP contribution is 2.40. The van der Waals surface area contributed by atoms with Crippen molar-refractivity contribution in [3.05, 3.63) is 64.2 Å². The minimum absolute atomic E-state index is 0.0102. The minimum atomic E-state index is -1.68. The van der Waals surface area contributed by atoms with E-state index in [0.29, 0.717) is 49.7 Å². The number of aliphatic carboxylic acids is 3. The van der Waals surface area contributed by atoms with Gasteiger partial charge in [-0.05, 0) is 86.6 Å². The quantitative estimate of drug-likeness (QED) is 0.0395. The lowest BCUT2D eigenvalue weighted by Gasteiger charge is -2.20. The third-order valence-corrected chi connectivity index (χ3v) is 12.1. The average molecular weight is 815 g/mol. The van der Waals surface area contributed by atoms with Crippen LogP contribution in [0.2, 0.25) is 5.02 Å². The number of nitrogens with one attached hydrogen (secondary N) is 2. The lowest BCUT2D eigenvalue weighted by atomic mass is 9.85. The molecule has 2 aliphatic rings. The molecule has 2 aromatic carbocycles. The zero-order chi connectivity index (χ0) is 41.7. The molecule has 7 N–H and O–H groups in total. The molecule has 3 atom stereocenters. The maximum absolute atomic E-state index is 11.6. The van der Waals surface area contributed by atoms with E-state index in [1.165, 1.54) is 81.8 Å². The van der Waals surface area contributed by atoms with Gasteiger partial charge in [0.1, 0.15) is 11.2 Å². The number of primary amides is 1. The SMILES string of the molecule is CCCCCCCCCc1ccc(CNC2CCC(C(N)=O)(C(=O)O)C2)cc1.CCCCCCCCOc1ccc(CNC2CCC(C(=O)O)(C(=O)O)C2)cc1Cl. The van der Waals surface area contributed by atoms with E-state index in [2.05, 4.69) is 48.7 Å². The summed E-state index contributed by atoms with van der Waals surface area (Å²) in [5, 5.41) is 35.2. The van der Waals surface area contributed by atoms with E-state index in [1.807, 2.05) is 18.2 Å². The number of aryl methyl sites for hydroxylation is 1. The Kier molecular flexibility index (Phi) is 20.9. The molecule has 2 fully saturated rings. The monoisotopic (exact) mass is 813 g/mol. The van der Waals surface area contributed by atoms with Crippen molar-refractivity contribution >= 4 is 35.4 Å². The largest absolute Gasteiger partial charge is 0.492 e. The number of unbranched alkanes of at least 4 members (excludes halogenated alkanes) is 11. The summed E-state index contributed by atoms with van der Waals surface area (Å²) in [6.07, 6.45) is 19.6. The van der Waals surface area contributed by atoms with E-state index in [4.69, 9.17) is 22.1 Å². The molecule has 3 unspecified atom stereocenters. The second kappa shape index (κ2) is 25.0. The normalized spacial score (nSPS) is 19.8. The molecule has 2 saturated carbocycles. The number of nitrogens with two attached hydrogens (primary N) is 1. The number of benzene rings is 2. The molecule has 12 heteroatoms. The summed E-state index contributed by atoms with van der Waals surface area (Å²) in [4.78, 5) is 45.9. The fourth-order valence-electron chi connectivity index (χ4n) is 7.91. The highest BCUT2D eigenvalue weighted by Gasteiger charge is 2.52. The third kappa shape index (κ3) is 15.2. The molecular formula is C45H68ClN3O8. The summed E-state index contributed by atoms with van der Waals surface area (Å²) in [5.41, 5.74) is 5.77. The van der Waals surface area contributed by atoms with Gasteiger partial charge in [-0.3, -0.25) is 19.2 Å². The maximum Gasteiger partial charge on any atom is 0.321 e. The molecule has 0 bridgehead atoms. The lowest BCUT2D eigenvalue weighted by Crippen LogP contribution is -2.43.